The van der Waals surface area contributed by atoms with Crippen molar-refractivity contribution in [2.75, 3.05) is 13.7 Å². The Balaban J connectivity index is 2.17. The van der Waals surface area contributed by atoms with Gasteiger partial charge in [-0.15, -0.1) is 11.8 Å². The largest absolute Gasteiger partial charge is 0.496 e. The molecule has 2 N–H and O–H groups in total. The van der Waals surface area contributed by atoms with E-state index in [-0.39, 0.29) is 5.82 Å². The van der Waals surface area contributed by atoms with E-state index in [2.05, 4.69) is 11.8 Å². The van der Waals surface area contributed by atoms with Gasteiger partial charge in [0.05, 0.1) is 13.7 Å². The molecule has 0 spiro atoms. The van der Waals surface area contributed by atoms with Crippen molar-refractivity contribution < 1.29 is 9.13 Å². The van der Waals surface area contributed by atoms with Gasteiger partial charge in [0.1, 0.15) is 11.6 Å². The van der Waals surface area contributed by atoms with Gasteiger partial charge in [-0.25, -0.2) is 4.39 Å². The highest BCUT2D eigenvalue weighted by Crippen LogP contribution is 2.29. The van der Waals surface area contributed by atoms with Gasteiger partial charge in [0.2, 0.25) is 0 Å². The third-order valence-electron chi connectivity index (χ3n) is 2.81. The molecule has 0 aliphatic heterocycles. The highest BCUT2D eigenvalue weighted by Gasteiger charge is 2.05. The molecule has 2 rings (SSSR count). The zero-order valence-corrected chi connectivity index (χ0v) is 12.5. The number of benzene rings is 2. The summed E-state index contributed by atoms with van der Waals surface area (Å²) in [4.78, 5) is 0.885. The first-order valence-corrected chi connectivity index (χ1v) is 7.45. The van der Waals surface area contributed by atoms with E-state index in [9.17, 15) is 4.39 Å². The van der Waals surface area contributed by atoms with Gasteiger partial charge in [-0.1, -0.05) is 17.9 Å². The van der Waals surface area contributed by atoms with Crippen molar-refractivity contribution in [2.24, 2.45) is 5.73 Å². The average molecular weight is 301 g/mol. The highest BCUT2D eigenvalue weighted by molar-refractivity contribution is 7.98. The Morgan fingerprint density at radius 1 is 1.24 bits per heavy atom. The zero-order valence-electron chi connectivity index (χ0n) is 11.7. The molecule has 0 aliphatic carbocycles. The fourth-order valence-corrected chi connectivity index (χ4v) is 2.76. The first-order chi connectivity index (χ1) is 10.2. The Bertz CT molecular complexity index is 676. The summed E-state index contributed by atoms with van der Waals surface area (Å²) < 4.78 is 18.5. The highest BCUT2D eigenvalue weighted by atomic mass is 32.2. The standard InChI is InChI=1S/C17H16FNOS/c1-20-17-8-7-13(4-3-9-19)10-14(17)12-21-16-6-2-5-15(18)11-16/h2,5-8,10-11H,9,12,19H2,1H3. The van der Waals surface area contributed by atoms with E-state index in [4.69, 9.17) is 10.5 Å². The second-order valence-electron chi connectivity index (χ2n) is 4.28. The van der Waals surface area contributed by atoms with E-state index in [0.717, 1.165) is 21.8 Å². The van der Waals surface area contributed by atoms with Crippen molar-refractivity contribution in [3.63, 3.8) is 0 Å². The van der Waals surface area contributed by atoms with Gasteiger partial charge in [-0.3, -0.25) is 0 Å². The average Bonchev–Trinajstić information content (AvgIpc) is 2.51. The first kappa shape index (κ1) is 15.4. The number of methoxy groups -OCH3 is 1. The maximum atomic E-state index is 13.2. The van der Waals surface area contributed by atoms with Crippen LogP contribution in [0, 0.1) is 17.7 Å². The SMILES string of the molecule is COc1ccc(C#CCN)cc1CSc1cccc(F)c1. The van der Waals surface area contributed by atoms with Crippen LogP contribution in [0.2, 0.25) is 0 Å². The molecule has 2 nitrogen and oxygen atoms in total. The second-order valence-corrected chi connectivity index (χ2v) is 5.33. The minimum absolute atomic E-state index is 0.227. The Labute approximate surface area is 128 Å². The van der Waals surface area contributed by atoms with Gasteiger partial charge in [0.25, 0.3) is 0 Å². The molecule has 0 amide bonds. The molecule has 0 aliphatic rings. The molecule has 0 saturated heterocycles. The summed E-state index contributed by atoms with van der Waals surface area (Å²) in [6.45, 7) is 0.333. The van der Waals surface area contributed by atoms with Crippen LogP contribution in [0.25, 0.3) is 0 Å². The fourth-order valence-electron chi connectivity index (χ4n) is 1.84. The number of ether oxygens (including phenoxy) is 1. The summed E-state index contributed by atoms with van der Waals surface area (Å²) in [5.41, 5.74) is 7.30. The minimum Gasteiger partial charge on any atom is -0.496 e. The number of hydrogen-bond donors (Lipinski definition) is 1. The Hall–Kier alpha value is -1.96. The molecule has 108 valence electrons. The molecule has 2 aromatic carbocycles. The molecule has 0 aromatic heterocycles. The summed E-state index contributed by atoms with van der Waals surface area (Å²) in [6, 6.07) is 12.3. The van der Waals surface area contributed by atoms with E-state index in [1.54, 1.807) is 24.9 Å². The van der Waals surface area contributed by atoms with Crippen LogP contribution < -0.4 is 10.5 Å². The van der Waals surface area contributed by atoms with Crippen molar-refractivity contribution in [1.29, 1.82) is 0 Å². The number of halogens is 1. The van der Waals surface area contributed by atoms with Crippen molar-refractivity contribution >= 4 is 11.8 Å². The van der Waals surface area contributed by atoms with Gasteiger partial charge in [0.15, 0.2) is 0 Å². The Morgan fingerprint density at radius 3 is 2.81 bits per heavy atom. The Morgan fingerprint density at radius 2 is 2.10 bits per heavy atom. The molecule has 21 heavy (non-hydrogen) atoms. The summed E-state index contributed by atoms with van der Waals surface area (Å²) in [6.07, 6.45) is 0. The maximum Gasteiger partial charge on any atom is 0.124 e. The molecule has 0 radical (unpaired) electrons. The lowest BCUT2D eigenvalue weighted by Crippen LogP contribution is -1.94. The van der Waals surface area contributed by atoms with E-state index < -0.39 is 0 Å². The molecule has 0 heterocycles. The van der Waals surface area contributed by atoms with Crippen LogP contribution >= 0.6 is 11.8 Å². The lowest BCUT2D eigenvalue weighted by Gasteiger charge is -2.09. The van der Waals surface area contributed by atoms with Crippen molar-refractivity contribution in [3.05, 3.63) is 59.4 Å². The van der Waals surface area contributed by atoms with Gasteiger partial charge in [-0.2, -0.15) is 0 Å². The molecule has 0 atom stereocenters. The molecule has 2 aromatic rings. The van der Waals surface area contributed by atoms with Crippen LogP contribution in [0.5, 0.6) is 5.75 Å². The van der Waals surface area contributed by atoms with E-state index in [1.165, 1.54) is 12.1 Å². The quantitative estimate of drug-likeness (QED) is 0.694. The predicted molar refractivity (Wildman–Crippen MR) is 84.9 cm³/mol. The normalized spacial score (nSPS) is 9.86. The summed E-state index contributed by atoms with van der Waals surface area (Å²) in [7, 11) is 1.64. The van der Waals surface area contributed by atoms with Crippen LogP contribution in [0.4, 0.5) is 4.39 Å². The lowest BCUT2D eigenvalue weighted by atomic mass is 10.1. The van der Waals surface area contributed by atoms with Crippen LogP contribution in [-0.2, 0) is 5.75 Å². The van der Waals surface area contributed by atoms with Crippen LogP contribution in [0.1, 0.15) is 11.1 Å². The predicted octanol–water partition coefficient (Wildman–Crippen LogP) is 3.44. The summed E-state index contributed by atoms with van der Waals surface area (Å²) in [5.74, 6) is 7.10. The van der Waals surface area contributed by atoms with E-state index >= 15 is 0 Å². The number of rotatable bonds is 4. The van der Waals surface area contributed by atoms with Gasteiger partial charge < -0.3 is 10.5 Å². The van der Waals surface area contributed by atoms with E-state index in [1.807, 2.05) is 24.3 Å². The maximum absolute atomic E-state index is 13.2. The van der Waals surface area contributed by atoms with Gasteiger partial charge in [0, 0.05) is 21.8 Å². The second kappa shape index (κ2) is 7.72. The van der Waals surface area contributed by atoms with Crippen LogP contribution in [0.15, 0.2) is 47.4 Å². The van der Waals surface area contributed by atoms with Gasteiger partial charge in [-0.05, 0) is 36.4 Å². The van der Waals surface area contributed by atoms with Crippen LogP contribution in [0.3, 0.4) is 0 Å². The number of nitrogens with two attached hydrogens (primary N) is 1. The van der Waals surface area contributed by atoms with Gasteiger partial charge >= 0.3 is 0 Å². The van der Waals surface area contributed by atoms with Crippen molar-refractivity contribution in [3.8, 4) is 17.6 Å². The smallest absolute Gasteiger partial charge is 0.124 e. The number of hydrogen-bond acceptors (Lipinski definition) is 3. The topological polar surface area (TPSA) is 35.2 Å². The molecule has 0 unspecified atom stereocenters. The number of thioether (sulfide) groups is 1. The first-order valence-electron chi connectivity index (χ1n) is 6.47. The molecule has 0 fully saturated rings. The Kier molecular flexibility index (Phi) is 5.68. The van der Waals surface area contributed by atoms with Crippen molar-refractivity contribution in [2.45, 2.75) is 10.6 Å². The zero-order chi connectivity index (χ0) is 15.1. The molecular formula is C17H16FNOS. The lowest BCUT2D eigenvalue weighted by molar-refractivity contribution is 0.411. The molecule has 4 heteroatoms. The summed E-state index contributed by atoms with van der Waals surface area (Å²) in [5, 5.41) is 0. The minimum atomic E-state index is -0.227. The third-order valence-corrected chi connectivity index (χ3v) is 3.85. The molecule has 0 saturated carbocycles. The third kappa shape index (κ3) is 4.52. The van der Waals surface area contributed by atoms with Crippen molar-refractivity contribution in [1.82, 2.24) is 0 Å². The van der Waals surface area contributed by atoms with E-state index in [0.29, 0.717) is 12.3 Å². The summed E-state index contributed by atoms with van der Waals surface area (Å²) >= 11 is 1.56. The molecule has 0 bridgehead atoms. The molecular weight excluding hydrogens is 285 g/mol. The monoisotopic (exact) mass is 301 g/mol. The fraction of sp³-hybridized carbons (Fsp3) is 0.176. The van der Waals surface area contributed by atoms with Crippen LogP contribution in [-0.4, -0.2) is 13.7 Å².